The van der Waals surface area contributed by atoms with Crippen molar-refractivity contribution in [2.75, 3.05) is 24.5 Å². The van der Waals surface area contributed by atoms with Gasteiger partial charge in [-0.1, -0.05) is 13.8 Å². The summed E-state index contributed by atoms with van der Waals surface area (Å²) in [7, 11) is 0. The molecule has 1 heterocycles. The van der Waals surface area contributed by atoms with Crippen LogP contribution in [-0.2, 0) is 0 Å². The molecule has 17 heavy (non-hydrogen) atoms. The Morgan fingerprint density at radius 1 is 1.47 bits per heavy atom. The van der Waals surface area contributed by atoms with Gasteiger partial charge in [-0.05, 0) is 53.4 Å². The molecule has 2 N–H and O–H groups in total. The first kappa shape index (κ1) is 14.5. The Balaban J connectivity index is 2.94. The fourth-order valence-corrected chi connectivity index (χ4v) is 2.23. The number of nitrogens with two attached hydrogens (primary N) is 1. The SMILES string of the molecule is CCN(CC(C)(C)CN)c1ncc(Br)cc1C. The Bertz CT molecular complexity index is 377. The molecule has 0 aliphatic heterocycles. The molecule has 0 spiro atoms. The summed E-state index contributed by atoms with van der Waals surface area (Å²) in [5, 5.41) is 0. The number of hydrogen-bond acceptors (Lipinski definition) is 3. The third-order valence-corrected chi connectivity index (χ3v) is 3.30. The minimum atomic E-state index is 0.108. The molecule has 4 heteroatoms. The van der Waals surface area contributed by atoms with Gasteiger partial charge in [-0.25, -0.2) is 4.98 Å². The van der Waals surface area contributed by atoms with Gasteiger partial charge in [-0.3, -0.25) is 0 Å². The minimum absolute atomic E-state index is 0.108. The van der Waals surface area contributed by atoms with Crippen molar-refractivity contribution in [1.29, 1.82) is 0 Å². The highest BCUT2D eigenvalue weighted by atomic mass is 79.9. The second-order valence-corrected chi connectivity index (χ2v) is 6.09. The Morgan fingerprint density at radius 2 is 2.12 bits per heavy atom. The first-order valence-electron chi connectivity index (χ1n) is 5.97. The summed E-state index contributed by atoms with van der Waals surface area (Å²) in [6.07, 6.45) is 1.85. The van der Waals surface area contributed by atoms with E-state index in [1.54, 1.807) is 0 Å². The van der Waals surface area contributed by atoms with Gasteiger partial charge < -0.3 is 10.6 Å². The van der Waals surface area contributed by atoms with Crippen LogP contribution in [0, 0.1) is 12.3 Å². The van der Waals surface area contributed by atoms with Crippen LogP contribution in [0.4, 0.5) is 5.82 Å². The smallest absolute Gasteiger partial charge is 0.131 e. The van der Waals surface area contributed by atoms with Crippen molar-refractivity contribution in [3.8, 4) is 0 Å². The van der Waals surface area contributed by atoms with Gasteiger partial charge in [-0.2, -0.15) is 0 Å². The van der Waals surface area contributed by atoms with Gasteiger partial charge in [-0.15, -0.1) is 0 Å². The van der Waals surface area contributed by atoms with Crippen molar-refractivity contribution in [2.45, 2.75) is 27.7 Å². The largest absolute Gasteiger partial charge is 0.356 e. The lowest BCUT2D eigenvalue weighted by Gasteiger charge is -2.32. The third-order valence-electron chi connectivity index (χ3n) is 2.87. The zero-order valence-electron chi connectivity index (χ0n) is 11.1. The number of anilines is 1. The van der Waals surface area contributed by atoms with Crippen LogP contribution in [0.3, 0.4) is 0 Å². The fourth-order valence-electron chi connectivity index (χ4n) is 1.78. The zero-order valence-corrected chi connectivity index (χ0v) is 12.7. The molecule has 1 aromatic heterocycles. The van der Waals surface area contributed by atoms with Crippen LogP contribution in [-0.4, -0.2) is 24.6 Å². The molecule has 0 atom stereocenters. The van der Waals surface area contributed by atoms with E-state index in [1.807, 2.05) is 6.20 Å². The summed E-state index contributed by atoms with van der Waals surface area (Å²) in [6.45, 7) is 11.2. The Morgan fingerprint density at radius 3 is 2.59 bits per heavy atom. The molecule has 0 aliphatic carbocycles. The van der Waals surface area contributed by atoms with Gasteiger partial charge in [0.25, 0.3) is 0 Å². The molecule has 0 unspecified atom stereocenters. The van der Waals surface area contributed by atoms with E-state index in [0.29, 0.717) is 6.54 Å². The van der Waals surface area contributed by atoms with Crippen molar-refractivity contribution < 1.29 is 0 Å². The molecule has 96 valence electrons. The second-order valence-electron chi connectivity index (χ2n) is 5.18. The molecule has 0 aliphatic rings. The molecular weight excluding hydrogens is 278 g/mol. The lowest BCUT2D eigenvalue weighted by Crippen LogP contribution is -2.39. The summed E-state index contributed by atoms with van der Waals surface area (Å²) in [5.74, 6) is 1.05. The molecule has 0 amide bonds. The quantitative estimate of drug-likeness (QED) is 0.909. The van der Waals surface area contributed by atoms with E-state index in [1.165, 1.54) is 5.56 Å². The van der Waals surface area contributed by atoms with E-state index >= 15 is 0 Å². The predicted octanol–water partition coefficient (Wildman–Crippen LogP) is 2.96. The van der Waals surface area contributed by atoms with E-state index in [9.17, 15) is 0 Å². The predicted molar refractivity (Wildman–Crippen MR) is 77.4 cm³/mol. The molecule has 0 fully saturated rings. The fraction of sp³-hybridized carbons (Fsp3) is 0.615. The topological polar surface area (TPSA) is 42.1 Å². The number of aryl methyl sites for hydroxylation is 1. The normalized spacial score (nSPS) is 11.6. The summed E-state index contributed by atoms with van der Waals surface area (Å²) >= 11 is 3.44. The summed E-state index contributed by atoms with van der Waals surface area (Å²) in [5.41, 5.74) is 7.09. The number of nitrogens with zero attached hydrogens (tertiary/aromatic N) is 2. The van der Waals surface area contributed by atoms with Crippen LogP contribution in [0.25, 0.3) is 0 Å². The number of pyridine rings is 1. The maximum Gasteiger partial charge on any atom is 0.131 e. The molecule has 0 saturated carbocycles. The molecule has 0 saturated heterocycles. The van der Waals surface area contributed by atoms with E-state index < -0.39 is 0 Å². The van der Waals surface area contributed by atoms with Crippen molar-refractivity contribution in [3.05, 3.63) is 22.3 Å². The molecule has 1 aromatic rings. The average Bonchev–Trinajstić information content (AvgIpc) is 2.26. The third kappa shape index (κ3) is 3.96. The highest BCUT2D eigenvalue weighted by Gasteiger charge is 2.21. The van der Waals surface area contributed by atoms with Crippen LogP contribution in [0.1, 0.15) is 26.3 Å². The maximum absolute atomic E-state index is 5.79. The number of halogens is 1. The highest BCUT2D eigenvalue weighted by Crippen LogP contribution is 2.24. The lowest BCUT2D eigenvalue weighted by molar-refractivity contribution is 0.378. The Hall–Kier alpha value is -0.610. The minimum Gasteiger partial charge on any atom is -0.356 e. The van der Waals surface area contributed by atoms with Gasteiger partial charge in [0.15, 0.2) is 0 Å². The van der Waals surface area contributed by atoms with Crippen molar-refractivity contribution in [2.24, 2.45) is 11.1 Å². The Kier molecular flexibility index (Phi) is 4.95. The van der Waals surface area contributed by atoms with Crippen LogP contribution in [0.15, 0.2) is 16.7 Å². The summed E-state index contributed by atoms with van der Waals surface area (Å²) < 4.78 is 1.02. The average molecular weight is 300 g/mol. The van der Waals surface area contributed by atoms with E-state index in [0.717, 1.165) is 23.4 Å². The van der Waals surface area contributed by atoms with Crippen LogP contribution >= 0.6 is 15.9 Å². The van der Waals surface area contributed by atoms with Gasteiger partial charge in [0.05, 0.1) is 0 Å². The van der Waals surface area contributed by atoms with Crippen LogP contribution in [0.5, 0.6) is 0 Å². The van der Waals surface area contributed by atoms with E-state index in [-0.39, 0.29) is 5.41 Å². The molecule has 0 aromatic carbocycles. The van der Waals surface area contributed by atoms with Gasteiger partial charge in [0.2, 0.25) is 0 Å². The first-order valence-corrected chi connectivity index (χ1v) is 6.76. The number of rotatable bonds is 5. The van der Waals surface area contributed by atoms with Crippen molar-refractivity contribution >= 4 is 21.7 Å². The van der Waals surface area contributed by atoms with Crippen LogP contribution < -0.4 is 10.6 Å². The van der Waals surface area contributed by atoms with E-state index in [2.05, 4.69) is 59.6 Å². The van der Waals surface area contributed by atoms with Gasteiger partial charge in [0, 0.05) is 23.8 Å². The Labute approximate surface area is 113 Å². The molecule has 1 rings (SSSR count). The monoisotopic (exact) mass is 299 g/mol. The van der Waals surface area contributed by atoms with Gasteiger partial charge in [0.1, 0.15) is 5.82 Å². The maximum atomic E-state index is 5.79. The van der Waals surface area contributed by atoms with Crippen molar-refractivity contribution in [1.82, 2.24) is 4.98 Å². The summed E-state index contributed by atoms with van der Waals surface area (Å²) in [4.78, 5) is 6.79. The first-order chi connectivity index (χ1) is 7.89. The molecule has 0 radical (unpaired) electrons. The number of hydrogen-bond donors (Lipinski definition) is 1. The molecular formula is C13H22BrN3. The summed E-state index contributed by atoms with van der Waals surface area (Å²) in [6, 6.07) is 2.10. The van der Waals surface area contributed by atoms with E-state index in [4.69, 9.17) is 5.73 Å². The number of aromatic nitrogens is 1. The standard InChI is InChI=1S/C13H22BrN3/c1-5-17(9-13(3,4)8-15)12-10(2)6-11(14)7-16-12/h6-7H,5,8-9,15H2,1-4H3. The van der Waals surface area contributed by atoms with Crippen LogP contribution in [0.2, 0.25) is 0 Å². The lowest BCUT2D eigenvalue weighted by atomic mass is 9.93. The second kappa shape index (κ2) is 5.83. The van der Waals surface area contributed by atoms with Gasteiger partial charge >= 0.3 is 0 Å². The molecule has 3 nitrogen and oxygen atoms in total. The van der Waals surface area contributed by atoms with Crippen molar-refractivity contribution in [3.63, 3.8) is 0 Å². The molecule has 0 bridgehead atoms. The highest BCUT2D eigenvalue weighted by molar-refractivity contribution is 9.10. The zero-order chi connectivity index (χ0) is 13.1.